The average Bonchev–Trinajstić information content (AvgIpc) is 2.88. The van der Waals surface area contributed by atoms with E-state index >= 15 is 0 Å². The Kier molecular flexibility index (Phi) is 8.38. The molecule has 1 aliphatic heterocycles. The first-order valence-corrected chi connectivity index (χ1v) is 14.5. The van der Waals surface area contributed by atoms with E-state index in [2.05, 4.69) is 5.32 Å². The number of phenolic OH excluding ortho intramolecular Hbond substituents is 1. The van der Waals surface area contributed by atoms with Gasteiger partial charge in [0.1, 0.15) is 17.6 Å². The minimum atomic E-state index is -3.52. The van der Waals surface area contributed by atoms with Gasteiger partial charge >= 0.3 is 5.97 Å². The second-order valence-corrected chi connectivity index (χ2v) is 12.1. The van der Waals surface area contributed by atoms with Crippen LogP contribution in [-0.2, 0) is 34.0 Å². The number of nitrogens with zero attached hydrogens (tertiary/aromatic N) is 1. The number of fused-ring (bicyclic) bond motifs is 1. The van der Waals surface area contributed by atoms with E-state index in [1.54, 1.807) is 6.07 Å². The van der Waals surface area contributed by atoms with Crippen molar-refractivity contribution in [3.05, 3.63) is 92.2 Å². The fourth-order valence-electron chi connectivity index (χ4n) is 4.45. The third kappa shape index (κ3) is 6.22. The lowest BCUT2D eigenvalue weighted by molar-refractivity contribution is -0.139. The first-order chi connectivity index (χ1) is 18.8. The molecule has 3 aromatic rings. The number of nitrogens with one attached hydrogen (secondary N) is 1. The number of benzene rings is 3. The van der Waals surface area contributed by atoms with E-state index in [-0.39, 0.29) is 57.7 Å². The second-order valence-electron chi connectivity index (χ2n) is 9.31. The van der Waals surface area contributed by atoms with E-state index in [1.807, 2.05) is 0 Å². The van der Waals surface area contributed by atoms with Crippen LogP contribution in [0, 0.1) is 5.82 Å². The summed E-state index contributed by atoms with van der Waals surface area (Å²) in [5.74, 6) is -3.83. The van der Waals surface area contributed by atoms with Crippen LogP contribution in [0.5, 0.6) is 5.75 Å². The Morgan fingerprint density at radius 2 is 1.85 bits per heavy atom. The fraction of sp³-hybridized carbons (Fsp3) is 0.222. The highest BCUT2D eigenvalue weighted by molar-refractivity contribution is 7.90. The highest BCUT2D eigenvalue weighted by Gasteiger charge is 2.30. The summed E-state index contributed by atoms with van der Waals surface area (Å²) in [7, 11) is -3.52. The molecule has 0 saturated carbocycles. The lowest BCUT2D eigenvalue weighted by Gasteiger charge is -2.30. The van der Waals surface area contributed by atoms with E-state index in [4.69, 9.17) is 23.2 Å². The monoisotopic (exact) mass is 608 g/mol. The number of rotatable bonds is 7. The molecule has 1 atom stereocenters. The Morgan fingerprint density at radius 3 is 2.52 bits per heavy atom. The van der Waals surface area contributed by atoms with Crippen molar-refractivity contribution in [2.45, 2.75) is 30.3 Å². The summed E-state index contributed by atoms with van der Waals surface area (Å²) >= 11 is 13.0. The second kappa shape index (κ2) is 11.4. The van der Waals surface area contributed by atoms with Crippen molar-refractivity contribution in [1.82, 2.24) is 10.2 Å². The minimum absolute atomic E-state index is 0.00362. The third-order valence-electron chi connectivity index (χ3n) is 6.48. The summed E-state index contributed by atoms with van der Waals surface area (Å²) in [4.78, 5) is 39.4. The largest absolute Gasteiger partial charge is 0.507 e. The van der Waals surface area contributed by atoms with Gasteiger partial charge in [-0.15, -0.1) is 0 Å². The van der Waals surface area contributed by atoms with Gasteiger partial charge in [-0.3, -0.25) is 9.59 Å². The number of phenols is 1. The molecular weight excluding hydrogens is 586 g/mol. The number of carbonyl (C=O) groups excluding carboxylic acids is 2. The minimum Gasteiger partial charge on any atom is -0.507 e. The summed E-state index contributed by atoms with van der Waals surface area (Å²) in [6.45, 7) is 0.179. The van der Waals surface area contributed by atoms with Crippen LogP contribution in [0.25, 0.3) is 0 Å². The molecule has 3 N–H and O–H groups in total. The van der Waals surface area contributed by atoms with Crippen LogP contribution >= 0.6 is 23.2 Å². The summed E-state index contributed by atoms with van der Waals surface area (Å²) in [6.07, 6.45) is 1.05. The zero-order chi connectivity index (χ0) is 29.4. The summed E-state index contributed by atoms with van der Waals surface area (Å²) in [6, 6.07) is 8.85. The molecule has 0 aliphatic carbocycles. The van der Waals surface area contributed by atoms with Crippen LogP contribution < -0.4 is 5.32 Å². The normalized spacial score (nSPS) is 13.8. The first kappa shape index (κ1) is 29.3. The van der Waals surface area contributed by atoms with E-state index in [0.29, 0.717) is 16.7 Å². The maximum absolute atomic E-state index is 13.7. The van der Waals surface area contributed by atoms with Crippen molar-refractivity contribution in [2.75, 3.05) is 12.8 Å². The van der Waals surface area contributed by atoms with Gasteiger partial charge in [-0.05, 0) is 59.5 Å². The van der Waals surface area contributed by atoms with Gasteiger partial charge in [-0.25, -0.2) is 17.6 Å². The molecule has 3 aromatic carbocycles. The molecule has 0 radical (unpaired) electrons. The van der Waals surface area contributed by atoms with Crippen molar-refractivity contribution in [1.29, 1.82) is 0 Å². The van der Waals surface area contributed by atoms with Crippen molar-refractivity contribution in [3.63, 3.8) is 0 Å². The number of halogens is 3. The van der Waals surface area contributed by atoms with E-state index in [0.717, 1.165) is 24.5 Å². The molecule has 210 valence electrons. The van der Waals surface area contributed by atoms with Crippen LogP contribution in [0.1, 0.15) is 37.4 Å². The molecule has 9 nitrogen and oxygen atoms in total. The van der Waals surface area contributed by atoms with Gasteiger partial charge in [0.25, 0.3) is 11.8 Å². The molecule has 0 unspecified atom stereocenters. The van der Waals surface area contributed by atoms with E-state index in [9.17, 15) is 37.4 Å². The predicted octanol–water partition coefficient (Wildman–Crippen LogP) is 3.87. The number of hydrogen-bond donors (Lipinski definition) is 3. The number of aliphatic carboxylic acids is 1. The lowest BCUT2D eigenvalue weighted by atomic mass is 9.95. The van der Waals surface area contributed by atoms with E-state index in [1.165, 1.54) is 29.2 Å². The topological polar surface area (TPSA) is 141 Å². The molecule has 2 amide bonds. The number of hydrogen-bond acceptors (Lipinski definition) is 6. The molecule has 0 fully saturated rings. The number of carboxylic acid groups (broad SMARTS) is 1. The Morgan fingerprint density at radius 1 is 1.12 bits per heavy atom. The van der Waals surface area contributed by atoms with Crippen LogP contribution in [0.4, 0.5) is 4.39 Å². The van der Waals surface area contributed by atoms with E-state index < -0.39 is 39.5 Å². The van der Waals surface area contributed by atoms with Crippen LogP contribution in [0.3, 0.4) is 0 Å². The van der Waals surface area contributed by atoms with Gasteiger partial charge in [-0.1, -0.05) is 35.3 Å². The lowest BCUT2D eigenvalue weighted by Crippen LogP contribution is -2.42. The van der Waals surface area contributed by atoms with Gasteiger partial charge in [0.2, 0.25) is 0 Å². The maximum atomic E-state index is 13.7. The maximum Gasteiger partial charge on any atom is 0.326 e. The summed E-state index contributed by atoms with van der Waals surface area (Å²) in [5, 5.41) is 22.1. The first-order valence-electron chi connectivity index (χ1n) is 11.9. The Hall–Kier alpha value is -3.67. The molecule has 1 heterocycles. The molecule has 1 aliphatic rings. The third-order valence-corrected chi connectivity index (χ3v) is 8.30. The fourth-order valence-corrected chi connectivity index (χ4v) is 5.91. The highest BCUT2D eigenvalue weighted by atomic mass is 35.5. The zero-order valence-electron chi connectivity index (χ0n) is 20.9. The quantitative estimate of drug-likeness (QED) is 0.370. The molecule has 4 rings (SSSR count). The average molecular weight is 609 g/mol. The summed E-state index contributed by atoms with van der Waals surface area (Å²) < 4.78 is 37.4. The predicted molar refractivity (Wildman–Crippen MR) is 145 cm³/mol. The Labute approximate surface area is 239 Å². The Bertz CT molecular complexity index is 1650. The van der Waals surface area contributed by atoms with Crippen LogP contribution in [0.15, 0.2) is 53.4 Å². The standard InChI is InChI=1S/C27H23Cl2FN2O7S/c1-40(38,39)17-4-2-3-14(9-17)10-21(27(36)37)31-25(34)23-20(28)11-15-13-32(8-7-18(15)24(23)29)26(35)19-12-16(30)5-6-22(19)33/h2-6,9,11-12,21,33H,7-8,10,13H2,1H3,(H,31,34)(H,36,37)/t21-/m0/s1. The van der Waals surface area contributed by atoms with Gasteiger partial charge in [0.15, 0.2) is 9.84 Å². The number of carbonyl (C=O) groups is 3. The van der Waals surface area contributed by atoms with Crippen LogP contribution in [-0.4, -0.2) is 60.2 Å². The molecule has 0 aromatic heterocycles. The smallest absolute Gasteiger partial charge is 0.326 e. The van der Waals surface area contributed by atoms with Gasteiger partial charge in [0.05, 0.1) is 26.1 Å². The highest BCUT2D eigenvalue weighted by Crippen LogP contribution is 2.35. The number of aromatic hydroxyl groups is 1. The van der Waals surface area contributed by atoms with Crippen molar-refractivity contribution in [2.24, 2.45) is 0 Å². The molecule has 0 bridgehead atoms. The zero-order valence-corrected chi connectivity index (χ0v) is 23.3. The van der Waals surface area contributed by atoms with Crippen LogP contribution in [0.2, 0.25) is 10.0 Å². The van der Waals surface area contributed by atoms with Gasteiger partial charge in [-0.2, -0.15) is 0 Å². The number of carboxylic acids is 1. The molecular formula is C27H23Cl2FN2O7S. The number of amides is 2. The Balaban J connectivity index is 1.56. The molecule has 40 heavy (non-hydrogen) atoms. The van der Waals surface area contributed by atoms with Crippen molar-refractivity contribution in [3.8, 4) is 5.75 Å². The van der Waals surface area contributed by atoms with Gasteiger partial charge in [0, 0.05) is 25.8 Å². The molecule has 0 spiro atoms. The summed E-state index contributed by atoms with van der Waals surface area (Å²) in [5.41, 5.74) is 1.12. The van der Waals surface area contributed by atoms with Gasteiger partial charge < -0.3 is 20.4 Å². The molecule has 13 heteroatoms. The SMILES string of the molecule is CS(=O)(=O)c1cccc(C[C@H](NC(=O)c2c(Cl)cc3c(c2Cl)CCN(C(=O)c2cc(F)ccc2O)C3)C(=O)O)c1. The number of sulfone groups is 1. The van der Waals surface area contributed by atoms with Crippen molar-refractivity contribution < 1.29 is 37.4 Å². The molecule has 0 saturated heterocycles. The van der Waals surface area contributed by atoms with Crippen molar-refractivity contribution >= 4 is 50.8 Å².